The number of hydrogen-bond donors (Lipinski definition) is 1. The summed E-state index contributed by atoms with van der Waals surface area (Å²) in [5.41, 5.74) is 1.56. The zero-order valence-electron chi connectivity index (χ0n) is 18.5. The minimum absolute atomic E-state index is 0.0579. The van der Waals surface area contributed by atoms with Gasteiger partial charge in [0, 0.05) is 35.8 Å². The lowest BCUT2D eigenvalue weighted by Crippen LogP contribution is -2.45. The summed E-state index contributed by atoms with van der Waals surface area (Å²) in [5, 5.41) is 0. The molecule has 0 saturated heterocycles. The Balaban J connectivity index is 1.84. The first kappa shape index (κ1) is 23.3. The Bertz CT molecular complexity index is 1320. The van der Waals surface area contributed by atoms with Crippen LogP contribution >= 0.6 is 0 Å². The van der Waals surface area contributed by atoms with E-state index in [1.54, 1.807) is 49.5 Å². The molecule has 0 amide bonds. The molecule has 33 heavy (non-hydrogen) atoms. The smallest absolute Gasteiger partial charge is 0.254 e. The molecule has 3 atom stereocenters. The number of nitrogens with zero attached hydrogens (tertiary/aromatic N) is 1. The number of aromatic nitrogens is 1. The van der Waals surface area contributed by atoms with Crippen LogP contribution in [0.15, 0.2) is 65.6 Å². The van der Waals surface area contributed by atoms with Gasteiger partial charge in [-0.25, -0.2) is 21.9 Å². The first-order valence-corrected chi connectivity index (χ1v) is 12.8. The molecule has 1 aliphatic rings. The second-order valence-corrected chi connectivity index (χ2v) is 10.2. The third-order valence-electron chi connectivity index (χ3n) is 6.20. The number of nitrogens with one attached hydrogen (secondary N) is 1. The molecule has 0 aliphatic heterocycles. The van der Waals surface area contributed by atoms with E-state index < -0.39 is 34.0 Å². The molecule has 0 bridgehead atoms. The Morgan fingerprint density at radius 2 is 1.82 bits per heavy atom. The van der Waals surface area contributed by atoms with Crippen LogP contribution in [0.3, 0.4) is 0 Å². The van der Waals surface area contributed by atoms with Crippen LogP contribution in [-0.2, 0) is 23.0 Å². The maximum absolute atomic E-state index is 15.6. The van der Waals surface area contributed by atoms with Crippen molar-refractivity contribution in [1.82, 2.24) is 9.29 Å². The standard InChI is InChI=1S/C25H26F2N2O3S/c1-3-29-13-12-19-21(26)15-22(28-33(2,31)32)20(23(19)25(29)30)14-17-10-7-11-18(24(17)27)16-8-5-4-6-9-16/h4-13,20-22,28H,3,14-15H2,1-2H3/t20-,21-,22-/m0/s1. The highest BCUT2D eigenvalue weighted by Crippen LogP contribution is 2.40. The topological polar surface area (TPSA) is 68.2 Å². The van der Waals surface area contributed by atoms with Gasteiger partial charge < -0.3 is 4.57 Å². The summed E-state index contributed by atoms with van der Waals surface area (Å²) in [4.78, 5) is 13.2. The van der Waals surface area contributed by atoms with Gasteiger partial charge >= 0.3 is 0 Å². The van der Waals surface area contributed by atoms with Gasteiger partial charge in [0.2, 0.25) is 10.0 Å². The van der Waals surface area contributed by atoms with Crippen LogP contribution in [-0.4, -0.2) is 25.3 Å². The van der Waals surface area contributed by atoms with Crippen LogP contribution in [0.4, 0.5) is 8.78 Å². The van der Waals surface area contributed by atoms with Gasteiger partial charge in [-0.15, -0.1) is 0 Å². The molecule has 174 valence electrons. The van der Waals surface area contributed by atoms with E-state index in [0.29, 0.717) is 23.2 Å². The van der Waals surface area contributed by atoms with E-state index in [0.717, 1.165) is 6.26 Å². The zero-order valence-corrected chi connectivity index (χ0v) is 19.3. The lowest BCUT2D eigenvalue weighted by atomic mass is 9.76. The van der Waals surface area contributed by atoms with Gasteiger partial charge in [0.05, 0.1) is 6.26 Å². The normalized spacial score (nSPS) is 20.4. The molecule has 8 heteroatoms. The van der Waals surface area contributed by atoms with Gasteiger partial charge in [0.1, 0.15) is 12.0 Å². The Hall–Kier alpha value is -2.84. The molecule has 0 saturated carbocycles. The van der Waals surface area contributed by atoms with E-state index in [-0.39, 0.29) is 29.5 Å². The van der Waals surface area contributed by atoms with Crippen molar-refractivity contribution in [3.05, 3.63) is 93.7 Å². The van der Waals surface area contributed by atoms with Gasteiger partial charge in [-0.1, -0.05) is 48.5 Å². The van der Waals surface area contributed by atoms with Gasteiger partial charge in [-0.2, -0.15) is 0 Å². The molecule has 4 rings (SSSR count). The average Bonchev–Trinajstić information content (AvgIpc) is 2.77. The monoisotopic (exact) mass is 472 g/mol. The first-order valence-electron chi connectivity index (χ1n) is 10.9. The molecule has 5 nitrogen and oxygen atoms in total. The van der Waals surface area contributed by atoms with Crippen LogP contribution in [0, 0.1) is 5.82 Å². The molecule has 0 fully saturated rings. The predicted molar refractivity (Wildman–Crippen MR) is 125 cm³/mol. The molecular weight excluding hydrogens is 446 g/mol. The maximum atomic E-state index is 15.6. The number of hydrogen-bond acceptors (Lipinski definition) is 3. The number of rotatable bonds is 6. The van der Waals surface area contributed by atoms with Crippen molar-refractivity contribution in [2.24, 2.45) is 0 Å². The van der Waals surface area contributed by atoms with E-state index in [1.807, 2.05) is 18.2 Å². The summed E-state index contributed by atoms with van der Waals surface area (Å²) in [6, 6.07) is 14.8. The number of pyridine rings is 1. The highest BCUT2D eigenvalue weighted by atomic mass is 32.2. The van der Waals surface area contributed by atoms with E-state index in [1.165, 1.54) is 4.57 Å². The van der Waals surface area contributed by atoms with Crippen molar-refractivity contribution in [3.63, 3.8) is 0 Å². The number of alkyl halides is 1. The average molecular weight is 473 g/mol. The Labute approximate surface area is 192 Å². The van der Waals surface area contributed by atoms with Crippen LogP contribution in [0.1, 0.15) is 42.1 Å². The van der Waals surface area contributed by atoms with E-state index >= 15 is 8.78 Å². The second-order valence-electron chi connectivity index (χ2n) is 8.43. The van der Waals surface area contributed by atoms with Crippen molar-refractivity contribution < 1.29 is 17.2 Å². The molecule has 1 heterocycles. The molecule has 2 aromatic carbocycles. The molecule has 3 aromatic rings. The molecule has 1 aliphatic carbocycles. The fourth-order valence-corrected chi connectivity index (χ4v) is 5.49. The highest BCUT2D eigenvalue weighted by Gasteiger charge is 2.39. The van der Waals surface area contributed by atoms with Crippen molar-refractivity contribution in [1.29, 1.82) is 0 Å². The lowest BCUT2D eigenvalue weighted by Gasteiger charge is -2.35. The Morgan fingerprint density at radius 3 is 2.48 bits per heavy atom. The molecule has 0 spiro atoms. The van der Waals surface area contributed by atoms with Crippen LogP contribution in [0.2, 0.25) is 0 Å². The Kier molecular flexibility index (Phi) is 6.50. The number of halogens is 2. The third-order valence-corrected chi connectivity index (χ3v) is 6.93. The molecule has 1 N–H and O–H groups in total. The molecule has 0 radical (unpaired) electrons. The summed E-state index contributed by atoms with van der Waals surface area (Å²) >= 11 is 0. The fraction of sp³-hybridized carbons (Fsp3) is 0.320. The summed E-state index contributed by atoms with van der Waals surface area (Å²) in [7, 11) is -3.68. The SMILES string of the molecule is CCn1ccc2c(c1=O)[C@@H](Cc1cccc(-c3ccccc3)c1F)[C@@H](NS(C)(=O)=O)C[C@@H]2F. The van der Waals surface area contributed by atoms with Crippen LogP contribution in [0.25, 0.3) is 11.1 Å². The highest BCUT2D eigenvalue weighted by molar-refractivity contribution is 7.88. The quantitative estimate of drug-likeness (QED) is 0.581. The minimum Gasteiger partial charge on any atom is -0.316 e. The van der Waals surface area contributed by atoms with Crippen LogP contribution in [0.5, 0.6) is 0 Å². The summed E-state index contributed by atoms with van der Waals surface area (Å²) in [5.74, 6) is -1.15. The summed E-state index contributed by atoms with van der Waals surface area (Å²) in [6.45, 7) is 2.19. The largest absolute Gasteiger partial charge is 0.316 e. The first-order chi connectivity index (χ1) is 15.7. The number of aryl methyl sites for hydroxylation is 1. The van der Waals surface area contributed by atoms with E-state index in [2.05, 4.69) is 4.72 Å². The maximum Gasteiger partial charge on any atom is 0.254 e. The lowest BCUT2D eigenvalue weighted by molar-refractivity contribution is 0.252. The van der Waals surface area contributed by atoms with Crippen LogP contribution < -0.4 is 10.3 Å². The molecule has 0 unspecified atom stereocenters. The van der Waals surface area contributed by atoms with Gasteiger partial charge in [-0.3, -0.25) is 4.79 Å². The van der Waals surface area contributed by atoms with Crippen molar-refractivity contribution in [3.8, 4) is 11.1 Å². The third kappa shape index (κ3) is 4.77. The van der Waals surface area contributed by atoms with Gasteiger partial charge in [-0.05, 0) is 42.5 Å². The second kappa shape index (κ2) is 9.19. The summed E-state index contributed by atoms with van der Waals surface area (Å²) < 4.78 is 58.6. The van der Waals surface area contributed by atoms with Gasteiger partial charge in [0.25, 0.3) is 5.56 Å². The number of sulfonamides is 1. The molecular formula is C25H26F2N2O3S. The van der Waals surface area contributed by atoms with Crippen molar-refractivity contribution in [2.75, 3.05) is 6.26 Å². The predicted octanol–water partition coefficient (Wildman–Crippen LogP) is 4.33. The summed E-state index contributed by atoms with van der Waals surface area (Å²) in [6.07, 6.45) is 0.989. The van der Waals surface area contributed by atoms with Crippen molar-refractivity contribution in [2.45, 2.75) is 44.4 Å². The van der Waals surface area contributed by atoms with Gasteiger partial charge in [0.15, 0.2) is 0 Å². The van der Waals surface area contributed by atoms with E-state index in [4.69, 9.17) is 0 Å². The van der Waals surface area contributed by atoms with Crippen molar-refractivity contribution >= 4 is 10.0 Å². The van der Waals surface area contributed by atoms with E-state index in [9.17, 15) is 13.2 Å². The molecule has 1 aromatic heterocycles. The minimum atomic E-state index is -3.68. The fourth-order valence-electron chi connectivity index (χ4n) is 4.68. The Morgan fingerprint density at radius 1 is 1.09 bits per heavy atom. The zero-order chi connectivity index (χ0) is 23.8. The number of fused-ring (bicyclic) bond motifs is 1. The number of benzene rings is 2.